The second kappa shape index (κ2) is 7.84. The Labute approximate surface area is 180 Å². The molecule has 0 radical (unpaired) electrons. The summed E-state index contributed by atoms with van der Waals surface area (Å²) in [6.07, 6.45) is 1.05. The van der Waals surface area contributed by atoms with Crippen molar-refractivity contribution in [1.29, 1.82) is 0 Å². The van der Waals surface area contributed by atoms with Gasteiger partial charge in [-0.15, -0.1) is 0 Å². The van der Waals surface area contributed by atoms with Crippen molar-refractivity contribution < 1.29 is 14.4 Å². The number of hydrogen-bond acceptors (Lipinski definition) is 3. The molecule has 0 spiro atoms. The SMILES string of the molecule is O=C1c2ccccc2C(=O)N1CC1c2ccccc2CCN1C(=O)Cc1ccccc1. The average Bonchev–Trinajstić information content (AvgIpc) is 3.05. The van der Waals surface area contributed by atoms with E-state index in [0.717, 1.165) is 23.1 Å². The van der Waals surface area contributed by atoms with Crippen LogP contribution in [-0.4, -0.2) is 40.6 Å². The van der Waals surface area contributed by atoms with Crippen LogP contribution in [-0.2, 0) is 17.6 Å². The van der Waals surface area contributed by atoms with E-state index in [1.54, 1.807) is 24.3 Å². The molecule has 0 aromatic heterocycles. The summed E-state index contributed by atoms with van der Waals surface area (Å²) in [4.78, 5) is 42.3. The third kappa shape index (κ3) is 3.42. The van der Waals surface area contributed by atoms with E-state index in [0.29, 0.717) is 24.1 Å². The van der Waals surface area contributed by atoms with E-state index in [1.165, 1.54) is 4.90 Å². The molecule has 154 valence electrons. The van der Waals surface area contributed by atoms with Crippen LogP contribution in [0.5, 0.6) is 0 Å². The number of carbonyl (C=O) groups is 3. The summed E-state index contributed by atoms with van der Waals surface area (Å²) in [6.45, 7) is 0.723. The van der Waals surface area contributed by atoms with E-state index in [1.807, 2.05) is 53.4 Å². The predicted octanol–water partition coefficient (Wildman–Crippen LogP) is 3.65. The lowest BCUT2D eigenvalue weighted by Crippen LogP contribution is -2.47. The number of nitrogens with zero attached hydrogens (tertiary/aromatic N) is 2. The summed E-state index contributed by atoms with van der Waals surface area (Å²) in [5.74, 6) is -0.583. The van der Waals surface area contributed by atoms with Crippen LogP contribution in [0.1, 0.15) is 43.4 Å². The quantitative estimate of drug-likeness (QED) is 0.617. The maximum Gasteiger partial charge on any atom is 0.261 e. The van der Waals surface area contributed by atoms with Crippen molar-refractivity contribution in [3.63, 3.8) is 0 Å². The van der Waals surface area contributed by atoms with Gasteiger partial charge in [-0.2, -0.15) is 0 Å². The number of carbonyl (C=O) groups excluding carboxylic acids is 3. The van der Waals surface area contributed by atoms with Crippen molar-refractivity contribution in [3.8, 4) is 0 Å². The van der Waals surface area contributed by atoms with E-state index in [2.05, 4.69) is 6.07 Å². The van der Waals surface area contributed by atoms with Gasteiger partial charge in [-0.05, 0) is 35.2 Å². The lowest BCUT2D eigenvalue weighted by Gasteiger charge is -2.39. The predicted molar refractivity (Wildman–Crippen MR) is 117 cm³/mol. The van der Waals surface area contributed by atoms with Crippen LogP contribution in [0.25, 0.3) is 0 Å². The van der Waals surface area contributed by atoms with Crippen LogP contribution in [0.15, 0.2) is 78.9 Å². The minimum Gasteiger partial charge on any atom is -0.333 e. The third-order valence-corrected chi connectivity index (χ3v) is 6.16. The van der Waals surface area contributed by atoms with Gasteiger partial charge in [0.1, 0.15) is 0 Å². The second-order valence-electron chi connectivity index (χ2n) is 7.98. The Morgan fingerprint density at radius 2 is 1.42 bits per heavy atom. The van der Waals surface area contributed by atoms with Crippen molar-refractivity contribution in [1.82, 2.24) is 9.80 Å². The normalized spacial score (nSPS) is 17.5. The van der Waals surface area contributed by atoms with E-state index in [4.69, 9.17) is 0 Å². The number of fused-ring (bicyclic) bond motifs is 2. The molecule has 0 N–H and O–H groups in total. The fourth-order valence-electron chi connectivity index (χ4n) is 4.60. The number of imide groups is 1. The van der Waals surface area contributed by atoms with Crippen molar-refractivity contribution in [3.05, 3.63) is 107 Å². The molecule has 0 aliphatic carbocycles. The molecule has 0 fully saturated rings. The van der Waals surface area contributed by atoms with Gasteiger partial charge < -0.3 is 4.90 Å². The Bertz CT molecular complexity index is 1140. The minimum atomic E-state index is -0.358. The molecule has 2 aliphatic heterocycles. The first-order valence-electron chi connectivity index (χ1n) is 10.5. The van der Waals surface area contributed by atoms with Crippen LogP contribution >= 0.6 is 0 Å². The van der Waals surface area contributed by atoms with Crippen molar-refractivity contribution >= 4 is 17.7 Å². The Kier molecular flexibility index (Phi) is 4.86. The van der Waals surface area contributed by atoms with Crippen LogP contribution in [0.2, 0.25) is 0 Å². The van der Waals surface area contributed by atoms with Crippen molar-refractivity contribution in [2.75, 3.05) is 13.1 Å². The van der Waals surface area contributed by atoms with Gasteiger partial charge >= 0.3 is 0 Å². The fourth-order valence-corrected chi connectivity index (χ4v) is 4.60. The van der Waals surface area contributed by atoms with Gasteiger partial charge in [0, 0.05) is 6.54 Å². The van der Waals surface area contributed by atoms with E-state index in [9.17, 15) is 14.4 Å². The molecule has 0 bridgehead atoms. The van der Waals surface area contributed by atoms with E-state index in [-0.39, 0.29) is 30.3 Å². The number of benzene rings is 3. The second-order valence-corrected chi connectivity index (χ2v) is 7.98. The van der Waals surface area contributed by atoms with Gasteiger partial charge in [-0.3, -0.25) is 19.3 Å². The topological polar surface area (TPSA) is 57.7 Å². The molecule has 1 unspecified atom stereocenters. The Morgan fingerprint density at radius 1 is 0.806 bits per heavy atom. The van der Waals surface area contributed by atoms with Crippen molar-refractivity contribution in [2.24, 2.45) is 0 Å². The minimum absolute atomic E-state index is 0.00214. The zero-order valence-corrected chi connectivity index (χ0v) is 17.0. The first-order chi connectivity index (χ1) is 15.1. The highest BCUT2D eigenvalue weighted by Crippen LogP contribution is 2.33. The highest BCUT2D eigenvalue weighted by molar-refractivity contribution is 6.21. The molecule has 2 heterocycles. The van der Waals surface area contributed by atoms with E-state index < -0.39 is 0 Å². The first-order valence-corrected chi connectivity index (χ1v) is 10.5. The van der Waals surface area contributed by atoms with Gasteiger partial charge in [0.15, 0.2) is 0 Å². The molecule has 3 aromatic rings. The summed E-state index contributed by atoms with van der Waals surface area (Å²) in [5.41, 5.74) is 3.97. The van der Waals surface area contributed by atoms with Crippen LogP contribution in [0.3, 0.4) is 0 Å². The standard InChI is InChI=1S/C26H22N2O3/c29-24(16-18-8-2-1-3-9-18)27-15-14-19-10-4-5-11-20(19)23(27)17-28-25(30)21-12-6-7-13-22(21)26(28)31/h1-13,23H,14-17H2. The molecule has 1 atom stereocenters. The maximum absolute atomic E-state index is 13.3. The molecule has 5 rings (SSSR count). The van der Waals surface area contributed by atoms with Crippen LogP contribution in [0.4, 0.5) is 0 Å². The first kappa shape index (κ1) is 19.2. The molecule has 3 amide bonds. The summed E-state index contributed by atoms with van der Waals surface area (Å²) in [6, 6.07) is 24.2. The van der Waals surface area contributed by atoms with Crippen LogP contribution in [0, 0.1) is 0 Å². The zero-order chi connectivity index (χ0) is 21.4. The summed E-state index contributed by atoms with van der Waals surface area (Å²) < 4.78 is 0. The average molecular weight is 410 g/mol. The molecule has 2 aliphatic rings. The molecule has 0 saturated carbocycles. The molecule has 0 saturated heterocycles. The molecule has 5 nitrogen and oxygen atoms in total. The maximum atomic E-state index is 13.3. The summed E-state index contributed by atoms with van der Waals surface area (Å²) >= 11 is 0. The lowest BCUT2D eigenvalue weighted by atomic mass is 9.91. The number of rotatable bonds is 4. The largest absolute Gasteiger partial charge is 0.333 e. The van der Waals surface area contributed by atoms with Gasteiger partial charge in [0.05, 0.1) is 30.1 Å². The highest BCUT2D eigenvalue weighted by Gasteiger charge is 2.40. The van der Waals surface area contributed by atoms with Gasteiger partial charge in [-0.1, -0.05) is 66.7 Å². The third-order valence-electron chi connectivity index (χ3n) is 6.16. The van der Waals surface area contributed by atoms with Gasteiger partial charge in [-0.25, -0.2) is 0 Å². The molecular weight excluding hydrogens is 388 g/mol. The number of amides is 3. The van der Waals surface area contributed by atoms with Gasteiger partial charge in [0.2, 0.25) is 5.91 Å². The monoisotopic (exact) mass is 410 g/mol. The molecule has 31 heavy (non-hydrogen) atoms. The summed E-state index contributed by atoms with van der Waals surface area (Å²) in [7, 11) is 0. The smallest absolute Gasteiger partial charge is 0.261 e. The van der Waals surface area contributed by atoms with Gasteiger partial charge in [0.25, 0.3) is 11.8 Å². The Hall–Kier alpha value is -3.73. The Balaban J connectivity index is 1.46. The van der Waals surface area contributed by atoms with Crippen molar-refractivity contribution in [2.45, 2.75) is 18.9 Å². The highest BCUT2D eigenvalue weighted by atomic mass is 16.2. The zero-order valence-electron chi connectivity index (χ0n) is 17.0. The lowest BCUT2D eigenvalue weighted by molar-refractivity contribution is -0.133. The Morgan fingerprint density at radius 3 is 2.13 bits per heavy atom. The fraction of sp³-hybridized carbons (Fsp3) is 0.192. The summed E-state index contributed by atoms with van der Waals surface area (Å²) in [5, 5.41) is 0. The van der Waals surface area contributed by atoms with E-state index >= 15 is 0 Å². The molecule has 3 aromatic carbocycles. The molecule has 5 heteroatoms. The van der Waals surface area contributed by atoms with Crippen LogP contribution < -0.4 is 0 Å². The number of hydrogen-bond donors (Lipinski definition) is 0. The molecular formula is C26H22N2O3.